The van der Waals surface area contributed by atoms with Crippen LogP contribution in [-0.2, 0) is 0 Å². The molecule has 0 fully saturated rings. The number of halogens is 3. The fourth-order valence-corrected chi connectivity index (χ4v) is 2.74. The van der Waals surface area contributed by atoms with Crippen LogP contribution in [0, 0.1) is 17.5 Å². The van der Waals surface area contributed by atoms with Crippen molar-refractivity contribution >= 4 is 5.52 Å². The second-order valence-corrected chi connectivity index (χ2v) is 5.71. The zero-order valence-electron chi connectivity index (χ0n) is 13.7. The Morgan fingerprint density at radius 2 is 1.70 bits per heavy atom. The van der Waals surface area contributed by atoms with E-state index >= 15 is 0 Å². The molecule has 2 aromatic heterocycles. The van der Waals surface area contributed by atoms with E-state index in [1.54, 1.807) is 6.07 Å². The quantitative estimate of drug-likeness (QED) is 0.532. The molecule has 134 valence electrons. The van der Waals surface area contributed by atoms with Crippen LogP contribution >= 0.6 is 0 Å². The largest absolute Gasteiger partial charge is 0.434 e. The summed E-state index contributed by atoms with van der Waals surface area (Å²) in [7, 11) is 0. The van der Waals surface area contributed by atoms with Crippen LogP contribution in [0.3, 0.4) is 0 Å². The second-order valence-electron chi connectivity index (χ2n) is 5.71. The van der Waals surface area contributed by atoms with Gasteiger partial charge in [-0.2, -0.15) is 0 Å². The number of aromatic nitrogens is 2. The Hall–Kier alpha value is -3.61. The third-order valence-electron chi connectivity index (χ3n) is 3.96. The molecule has 0 aliphatic carbocycles. The lowest BCUT2D eigenvalue weighted by Gasteiger charge is -2.10. The highest BCUT2D eigenvalue weighted by molar-refractivity contribution is 5.80. The number of nitrogens with zero attached hydrogens (tertiary/aromatic N) is 2. The van der Waals surface area contributed by atoms with E-state index in [-0.39, 0.29) is 28.2 Å². The average Bonchev–Trinajstić information content (AvgIpc) is 2.65. The Morgan fingerprint density at radius 1 is 0.889 bits per heavy atom. The predicted molar refractivity (Wildman–Crippen MR) is 93.3 cm³/mol. The van der Waals surface area contributed by atoms with Gasteiger partial charge in [0.1, 0.15) is 11.6 Å². The summed E-state index contributed by atoms with van der Waals surface area (Å²) in [6.07, 6.45) is 1.40. The third kappa shape index (κ3) is 3.15. The molecule has 0 aliphatic heterocycles. The Labute approximate surface area is 151 Å². The predicted octanol–water partition coefficient (Wildman–Crippen LogP) is 4.57. The minimum absolute atomic E-state index is 0.0242. The molecule has 0 spiro atoms. The molecule has 4 aromatic rings. The molecule has 0 unspecified atom stereocenters. The Bertz CT molecular complexity index is 1220. The molecule has 0 saturated heterocycles. The van der Waals surface area contributed by atoms with Crippen LogP contribution in [0.25, 0.3) is 16.6 Å². The van der Waals surface area contributed by atoms with Crippen molar-refractivity contribution in [3.63, 3.8) is 0 Å². The minimum atomic E-state index is -0.871. The van der Waals surface area contributed by atoms with E-state index in [0.717, 1.165) is 12.1 Å². The van der Waals surface area contributed by atoms with Gasteiger partial charge >= 0.3 is 0 Å². The molecule has 0 atom stereocenters. The van der Waals surface area contributed by atoms with E-state index in [9.17, 15) is 18.0 Å². The summed E-state index contributed by atoms with van der Waals surface area (Å²) in [6, 6.07) is 13.0. The number of hydrogen-bond donors (Lipinski definition) is 0. The lowest BCUT2D eigenvalue weighted by atomic mass is 10.0. The van der Waals surface area contributed by atoms with Gasteiger partial charge in [-0.1, -0.05) is 18.2 Å². The fraction of sp³-hybridized carbons (Fsp3) is 0. The van der Waals surface area contributed by atoms with Crippen LogP contribution in [0.4, 0.5) is 13.2 Å². The maximum absolute atomic E-state index is 14.2. The lowest BCUT2D eigenvalue weighted by Crippen LogP contribution is -2.10. The van der Waals surface area contributed by atoms with E-state index in [0.29, 0.717) is 11.6 Å². The van der Waals surface area contributed by atoms with E-state index in [2.05, 4.69) is 5.10 Å². The van der Waals surface area contributed by atoms with Crippen molar-refractivity contribution in [2.75, 3.05) is 0 Å². The molecule has 0 saturated carbocycles. The van der Waals surface area contributed by atoms with Gasteiger partial charge in [-0.25, -0.2) is 17.7 Å². The maximum atomic E-state index is 14.2. The Morgan fingerprint density at radius 3 is 2.48 bits per heavy atom. The highest BCUT2D eigenvalue weighted by Gasteiger charge is 2.14. The molecule has 27 heavy (non-hydrogen) atoms. The van der Waals surface area contributed by atoms with Gasteiger partial charge in [-0.05, 0) is 24.3 Å². The topological polar surface area (TPSA) is 43.6 Å². The molecule has 2 aromatic carbocycles. The van der Waals surface area contributed by atoms with Crippen molar-refractivity contribution in [3.8, 4) is 22.8 Å². The van der Waals surface area contributed by atoms with Crippen LogP contribution in [0.5, 0.6) is 11.6 Å². The standard InChI is InChI=1S/C20H11F3N2O2/c21-12-5-7-18(15(23)11-12)27-19-8-6-16-20(13-3-1-2-4-14(13)22)17(26)9-10-25(16)24-19/h1-11H. The summed E-state index contributed by atoms with van der Waals surface area (Å²) in [6.45, 7) is 0. The fourth-order valence-electron chi connectivity index (χ4n) is 2.74. The first-order valence-electron chi connectivity index (χ1n) is 7.93. The highest BCUT2D eigenvalue weighted by atomic mass is 19.1. The molecule has 0 bridgehead atoms. The molecule has 0 radical (unpaired) electrons. The number of benzene rings is 2. The monoisotopic (exact) mass is 368 g/mol. The van der Waals surface area contributed by atoms with Crippen molar-refractivity contribution in [2.45, 2.75) is 0 Å². The van der Waals surface area contributed by atoms with Gasteiger partial charge in [-0.15, -0.1) is 5.10 Å². The van der Waals surface area contributed by atoms with Crippen molar-refractivity contribution < 1.29 is 17.9 Å². The van der Waals surface area contributed by atoms with Crippen molar-refractivity contribution in [1.82, 2.24) is 9.61 Å². The highest BCUT2D eigenvalue weighted by Crippen LogP contribution is 2.27. The number of rotatable bonds is 3. The molecular weight excluding hydrogens is 357 g/mol. The zero-order valence-corrected chi connectivity index (χ0v) is 13.7. The van der Waals surface area contributed by atoms with E-state index in [1.807, 2.05) is 0 Å². The summed E-state index contributed by atoms with van der Waals surface area (Å²) in [4.78, 5) is 12.3. The van der Waals surface area contributed by atoms with Gasteiger partial charge in [0, 0.05) is 30.0 Å². The van der Waals surface area contributed by atoms with Crippen LogP contribution in [0.15, 0.2) is 71.7 Å². The number of fused-ring (bicyclic) bond motifs is 1. The molecule has 2 heterocycles. The zero-order chi connectivity index (χ0) is 19.0. The minimum Gasteiger partial charge on any atom is -0.434 e. The normalized spacial score (nSPS) is 10.9. The molecule has 4 nitrogen and oxygen atoms in total. The number of ether oxygens (including phenoxy) is 1. The summed E-state index contributed by atoms with van der Waals surface area (Å²) in [5.41, 5.74) is 0.308. The van der Waals surface area contributed by atoms with E-state index in [4.69, 9.17) is 4.74 Å². The van der Waals surface area contributed by atoms with E-state index in [1.165, 1.54) is 47.1 Å². The number of hydrogen-bond acceptors (Lipinski definition) is 3. The second kappa shape index (κ2) is 6.60. The maximum Gasteiger partial charge on any atom is 0.237 e. The molecule has 0 N–H and O–H groups in total. The first kappa shape index (κ1) is 16.8. The van der Waals surface area contributed by atoms with Crippen LogP contribution in [-0.4, -0.2) is 9.61 Å². The summed E-state index contributed by atoms with van der Waals surface area (Å²) in [5.74, 6) is -2.30. The van der Waals surface area contributed by atoms with Gasteiger partial charge in [0.25, 0.3) is 0 Å². The van der Waals surface area contributed by atoms with Gasteiger partial charge in [-0.3, -0.25) is 4.79 Å². The molecule has 0 amide bonds. The van der Waals surface area contributed by atoms with Crippen molar-refractivity contribution in [1.29, 1.82) is 0 Å². The summed E-state index contributed by atoms with van der Waals surface area (Å²) >= 11 is 0. The smallest absolute Gasteiger partial charge is 0.237 e. The number of pyridine rings is 1. The first-order valence-corrected chi connectivity index (χ1v) is 7.93. The molecule has 7 heteroatoms. The Kier molecular flexibility index (Phi) is 4.12. The van der Waals surface area contributed by atoms with Crippen molar-refractivity contribution in [3.05, 3.63) is 94.5 Å². The van der Waals surface area contributed by atoms with Gasteiger partial charge in [0.15, 0.2) is 17.0 Å². The lowest BCUT2D eigenvalue weighted by molar-refractivity contribution is 0.416. The molecule has 4 rings (SSSR count). The van der Waals surface area contributed by atoms with Crippen LogP contribution in [0.1, 0.15) is 0 Å². The third-order valence-corrected chi connectivity index (χ3v) is 3.96. The van der Waals surface area contributed by atoms with Crippen molar-refractivity contribution in [2.24, 2.45) is 0 Å². The van der Waals surface area contributed by atoms with E-state index < -0.39 is 17.5 Å². The molecular formula is C20H11F3N2O2. The van der Waals surface area contributed by atoms with Crippen LogP contribution in [0.2, 0.25) is 0 Å². The SMILES string of the molecule is O=c1ccn2nc(Oc3ccc(F)cc3F)ccc2c1-c1ccccc1F. The average molecular weight is 368 g/mol. The Balaban J connectivity index is 1.82. The van der Waals surface area contributed by atoms with Gasteiger partial charge < -0.3 is 4.74 Å². The van der Waals surface area contributed by atoms with Gasteiger partial charge in [0.05, 0.1) is 11.1 Å². The summed E-state index contributed by atoms with van der Waals surface area (Å²) < 4.78 is 47.6. The van der Waals surface area contributed by atoms with Gasteiger partial charge in [0.2, 0.25) is 5.88 Å². The summed E-state index contributed by atoms with van der Waals surface area (Å²) in [5, 5.41) is 4.16. The van der Waals surface area contributed by atoms with Crippen LogP contribution < -0.4 is 10.2 Å². The molecule has 0 aliphatic rings. The first-order chi connectivity index (χ1) is 13.0.